The van der Waals surface area contributed by atoms with Crippen LogP contribution in [-0.2, 0) is 10.0 Å². The topological polar surface area (TPSA) is 65.4 Å². The van der Waals surface area contributed by atoms with Gasteiger partial charge in [-0.1, -0.05) is 18.2 Å². The highest BCUT2D eigenvalue weighted by Crippen LogP contribution is 2.36. The number of hydrogen-bond acceptors (Lipinski definition) is 4. The van der Waals surface area contributed by atoms with E-state index >= 15 is 0 Å². The Bertz CT molecular complexity index is 1060. The van der Waals surface area contributed by atoms with E-state index in [1.807, 2.05) is 0 Å². The second kappa shape index (κ2) is 5.74. The van der Waals surface area contributed by atoms with Crippen LogP contribution in [0.25, 0.3) is 10.9 Å². The number of Topliss-reactive ketones (excluding diaryl/α,β-unsaturated/α-hetero) is 1. The van der Waals surface area contributed by atoms with E-state index in [0.29, 0.717) is 16.7 Å². The monoisotopic (exact) mass is 355 g/mol. The molecule has 5 nitrogen and oxygen atoms in total. The van der Waals surface area contributed by atoms with Crippen LogP contribution in [0.5, 0.6) is 5.75 Å². The zero-order valence-electron chi connectivity index (χ0n) is 13.7. The molecule has 1 aliphatic carbocycles. The molecular formula is C19H17NO4S. The van der Waals surface area contributed by atoms with Crippen molar-refractivity contribution in [2.24, 2.45) is 5.92 Å². The zero-order chi connectivity index (χ0) is 17.6. The summed E-state index contributed by atoms with van der Waals surface area (Å²) in [6.45, 7) is 0. The van der Waals surface area contributed by atoms with Gasteiger partial charge in [0, 0.05) is 11.3 Å². The summed E-state index contributed by atoms with van der Waals surface area (Å²) in [7, 11) is -2.32. The van der Waals surface area contributed by atoms with Crippen LogP contribution in [-0.4, -0.2) is 25.3 Å². The second-order valence-electron chi connectivity index (χ2n) is 6.18. The molecule has 0 radical (unpaired) electrons. The average molecular weight is 355 g/mol. The van der Waals surface area contributed by atoms with Crippen molar-refractivity contribution in [3.05, 3.63) is 60.3 Å². The van der Waals surface area contributed by atoms with Crippen molar-refractivity contribution in [2.45, 2.75) is 17.7 Å². The molecule has 0 atom stereocenters. The highest BCUT2D eigenvalue weighted by atomic mass is 32.2. The van der Waals surface area contributed by atoms with Crippen molar-refractivity contribution in [1.29, 1.82) is 0 Å². The minimum atomic E-state index is -3.87. The molecule has 3 aromatic rings. The molecule has 0 aliphatic heterocycles. The largest absolute Gasteiger partial charge is 0.497 e. The molecule has 0 saturated heterocycles. The van der Waals surface area contributed by atoms with Crippen molar-refractivity contribution >= 4 is 26.7 Å². The van der Waals surface area contributed by atoms with E-state index in [1.165, 1.54) is 16.1 Å². The minimum absolute atomic E-state index is 0.0732. The smallest absolute Gasteiger partial charge is 0.268 e. The summed E-state index contributed by atoms with van der Waals surface area (Å²) in [5.74, 6) is 0.429. The predicted octanol–water partition coefficient (Wildman–Crippen LogP) is 3.48. The van der Waals surface area contributed by atoms with E-state index in [0.717, 1.165) is 12.8 Å². The van der Waals surface area contributed by atoms with Crippen molar-refractivity contribution in [3.63, 3.8) is 0 Å². The number of hydrogen-bond donors (Lipinski definition) is 0. The van der Waals surface area contributed by atoms with Crippen LogP contribution in [0, 0.1) is 5.92 Å². The number of aromatic nitrogens is 1. The molecule has 0 amide bonds. The number of fused-ring (bicyclic) bond motifs is 1. The van der Waals surface area contributed by atoms with E-state index < -0.39 is 10.0 Å². The summed E-state index contributed by atoms with van der Waals surface area (Å²) >= 11 is 0. The van der Waals surface area contributed by atoms with Gasteiger partial charge < -0.3 is 4.74 Å². The Balaban J connectivity index is 2.00. The van der Waals surface area contributed by atoms with Gasteiger partial charge >= 0.3 is 0 Å². The van der Waals surface area contributed by atoms with Gasteiger partial charge in [-0.05, 0) is 49.2 Å². The summed E-state index contributed by atoms with van der Waals surface area (Å²) in [5.41, 5.74) is 0.697. The Hall–Kier alpha value is -2.60. The molecule has 6 heteroatoms. The molecule has 1 aromatic heterocycles. The maximum absolute atomic E-state index is 13.2. The Kier molecular flexibility index (Phi) is 3.65. The molecule has 25 heavy (non-hydrogen) atoms. The highest BCUT2D eigenvalue weighted by molar-refractivity contribution is 7.90. The number of methoxy groups -OCH3 is 1. The molecule has 1 fully saturated rings. The molecule has 2 aromatic carbocycles. The SMILES string of the molecule is COc1ccc2c(c1)cc(C(=O)C1CC1)n2S(=O)(=O)c1ccccc1. The molecule has 1 heterocycles. The summed E-state index contributed by atoms with van der Waals surface area (Å²) in [4.78, 5) is 12.9. The molecule has 1 saturated carbocycles. The van der Waals surface area contributed by atoms with Gasteiger partial charge in [-0.25, -0.2) is 12.4 Å². The summed E-state index contributed by atoms with van der Waals surface area (Å²) < 4.78 is 32.8. The molecule has 128 valence electrons. The number of carbonyl (C=O) groups is 1. The summed E-state index contributed by atoms with van der Waals surface area (Å²) in [5, 5.41) is 0.669. The van der Waals surface area contributed by atoms with Gasteiger partial charge in [0.2, 0.25) is 0 Å². The molecule has 0 spiro atoms. The standard InChI is InChI=1S/C19H17NO4S/c1-24-15-9-10-17-14(11-15)12-18(19(21)13-7-8-13)20(17)25(22,23)16-5-3-2-4-6-16/h2-6,9-13H,7-8H2,1H3. The fourth-order valence-corrected chi connectivity index (χ4v) is 4.52. The zero-order valence-corrected chi connectivity index (χ0v) is 14.5. The van der Waals surface area contributed by atoms with E-state index in [2.05, 4.69) is 0 Å². The van der Waals surface area contributed by atoms with Gasteiger partial charge in [0.05, 0.1) is 17.5 Å². The fourth-order valence-electron chi connectivity index (χ4n) is 2.98. The molecule has 0 unspecified atom stereocenters. The van der Waals surface area contributed by atoms with E-state index in [1.54, 1.807) is 49.6 Å². The second-order valence-corrected chi connectivity index (χ2v) is 7.96. The molecule has 1 aliphatic rings. The third kappa shape index (κ3) is 2.62. The van der Waals surface area contributed by atoms with Gasteiger partial charge in [0.25, 0.3) is 10.0 Å². The molecule has 0 N–H and O–H groups in total. The number of nitrogens with zero attached hydrogens (tertiary/aromatic N) is 1. The Morgan fingerprint density at radius 2 is 1.80 bits per heavy atom. The molecule has 4 rings (SSSR count). The summed E-state index contributed by atoms with van der Waals surface area (Å²) in [6, 6.07) is 15.0. The molecular weight excluding hydrogens is 338 g/mol. The number of ether oxygens (including phenoxy) is 1. The van der Waals surface area contributed by atoms with Crippen molar-refractivity contribution in [1.82, 2.24) is 3.97 Å². The quantitative estimate of drug-likeness (QED) is 0.657. The Morgan fingerprint density at radius 1 is 1.08 bits per heavy atom. The number of benzene rings is 2. The van der Waals surface area contributed by atoms with Gasteiger partial charge in [0.1, 0.15) is 11.4 Å². The lowest BCUT2D eigenvalue weighted by Gasteiger charge is -2.11. The van der Waals surface area contributed by atoms with E-state index in [4.69, 9.17) is 4.74 Å². The first-order valence-corrected chi connectivity index (χ1v) is 9.51. The maximum atomic E-state index is 13.2. The molecule has 0 bridgehead atoms. The van der Waals surface area contributed by atoms with Crippen LogP contribution in [0.3, 0.4) is 0 Å². The van der Waals surface area contributed by atoms with E-state index in [9.17, 15) is 13.2 Å². The first-order chi connectivity index (χ1) is 12.0. The van der Waals surface area contributed by atoms with Gasteiger partial charge in [-0.15, -0.1) is 0 Å². The van der Waals surface area contributed by atoms with E-state index in [-0.39, 0.29) is 22.3 Å². The number of rotatable bonds is 5. The van der Waals surface area contributed by atoms with Crippen LogP contribution in [0.4, 0.5) is 0 Å². The van der Waals surface area contributed by atoms with Gasteiger partial charge in [-0.2, -0.15) is 0 Å². The third-order valence-electron chi connectivity index (χ3n) is 4.45. The lowest BCUT2D eigenvalue weighted by atomic mass is 10.2. The van der Waals surface area contributed by atoms with Crippen LogP contribution in [0.2, 0.25) is 0 Å². The lowest BCUT2D eigenvalue weighted by molar-refractivity contribution is 0.0962. The number of carbonyl (C=O) groups excluding carboxylic acids is 1. The van der Waals surface area contributed by atoms with Crippen LogP contribution in [0.1, 0.15) is 23.3 Å². The van der Waals surface area contributed by atoms with Crippen LogP contribution < -0.4 is 4.74 Å². The predicted molar refractivity (Wildman–Crippen MR) is 94.6 cm³/mol. The maximum Gasteiger partial charge on any atom is 0.268 e. The summed E-state index contributed by atoms with van der Waals surface area (Å²) in [6.07, 6.45) is 1.63. The number of ketones is 1. The van der Waals surface area contributed by atoms with Crippen LogP contribution >= 0.6 is 0 Å². The van der Waals surface area contributed by atoms with Crippen molar-refractivity contribution in [3.8, 4) is 5.75 Å². The van der Waals surface area contributed by atoms with Crippen LogP contribution in [0.15, 0.2) is 59.5 Å². The Morgan fingerprint density at radius 3 is 2.44 bits per heavy atom. The van der Waals surface area contributed by atoms with Crippen molar-refractivity contribution in [2.75, 3.05) is 7.11 Å². The fraction of sp³-hybridized carbons (Fsp3) is 0.211. The van der Waals surface area contributed by atoms with Gasteiger partial charge in [-0.3, -0.25) is 4.79 Å². The van der Waals surface area contributed by atoms with Gasteiger partial charge in [0.15, 0.2) is 5.78 Å². The Labute approximate surface area is 145 Å². The average Bonchev–Trinajstić information content (AvgIpc) is 3.41. The highest BCUT2D eigenvalue weighted by Gasteiger charge is 2.35. The minimum Gasteiger partial charge on any atom is -0.497 e. The first-order valence-electron chi connectivity index (χ1n) is 8.06. The van der Waals surface area contributed by atoms with Crippen molar-refractivity contribution < 1.29 is 17.9 Å². The first kappa shape index (κ1) is 15.9. The normalized spacial score (nSPS) is 14.6. The lowest BCUT2D eigenvalue weighted by Crippen LogP contribution is -2.19. The third-order valence-corrected chi connectivity index (χ3v) is 6.19.